The normalized spacial score (nSPS) is 9.64. The van der Waals surface area contributed by atoms with Crippen molar-refractivity contribution in [3.8, 4) is 17.6 Å². The summed E-state index contributed by atoms with van der Waals surface area (Å²) in [6.07, 6.45) is 0.298. The lowest BCUT2D eigenvalue weighted by molar-refractivity contribution is 0.223. The molecule has 0 spiro atoms. The number of hydrogen-bond acceptors (Lipinski definition) is 3. The zero-order valence-corrected chi connectivity index (χ0v) is 12.3. The number of hydrogen-bond donors (Lipinski definition) is 1. The number of benzene rings is 2. The number of anilines is 1. The molecule has 5 heteroatoms. The maximum atomic E-state index is 12.1. The first kappa shape index (κ1) is 15.4. The van der Waals surface area contributed by atoms with Crippen molar-refractivity contribution in [2.75, 3.05) is 18.9 Å². The molecule has 0 unspecified atom stereocenters. The monoisotopic (exact) mass is 295 g/mol. The third kappa shape index (κ3) is 4.25. The highest BCUT2D eigenvalue weighted by atomic mass is 16.5. The smallest absolute Gasteiger partial charge is 0.321 e. The number of nitrogens with one attached hydrogen (secondary N) is 1. The van der Waals surface area contributed by atoms with E-state index in [2.05, 4.69) is 5.32 Å². The van der Waals surface area contributed by atoms with Crippen molar-refractivity contribution in [1.29, 1.82) is 5.26 Å². The summed E-state index contributed by atoms with van der Waals surface area (Å²) in [5.41, 5.74) is 0.583. The largest absolute Gasteiger partial charge is 0.455 e. The number of carbonyl (C=O) groups excluding carboxylic acids is 1. The number of para-hydroxylation sites is 3. The Hall–Kier alpha value is -3.00. The van der Waals surface area contributed by atoms with Gasteiger partial charge in [0.15, 0.2) is 5.75 Å². The van der Waals surface area contributed by atoms with Gasteiger partial charge in [0, 0.05) is 13.6 Å². The number of nitriles is 1. The van der Waals surface area contributed by atoms with Gasteiger partial charge >= 0.3 is 6.03 Å². The van der Waals surface area contributed by atoms with Crippen LogP contribution in [0.5, 0.6) is 11.5 Å². The summed E-state index contributed by atoms with van der Waals surface area (Å²) in [5.74, 6) is 1.26. The average molecular weight is 295 g/mol. The van der Waals surface area contributed by atoms with E-state index in [9.17, 15) is 4.79 Å². The summed E-state index contributed by atoms with van der Waals surface area (Å²) < 4.78 is 5.79. The van der Waals surface area contributed by atoms with Crippen molar-refractivity contribution in [2.24, 2.45) is 0 Å². The lowest BCUT2D eigenvalue weighted by Crippen LogP contribution is -2.32. The minimum atomic E-state index is -0.278. The average Bonchev–Trinajstić information content (AvgIpc) is 2.55. The van der Waals surface area contributed by atoms with E-state index in [-0.39, 0.29) is 6.03 Å². The summed E-state index contributed by atoms with van der Waals surface area (Å²) in [5, 5.41) is 11.4. The highest BCUT2D eigenvalue weighted by Crippen LogP contribution is 2.29. The fourth-order valence-corrected chi connectivity index (χ4v) is 1.80. The second-order valence-electron chi connectivity index (χ2n) is 4.67. The van der Waals surface area contributed by atoms with Crippen LogP contribution in [0, 0.1) is 11.3 Å². The van der Waals surface area contributed by atoms with Crippen LogP contribution in [0.25, 0.3) is 0 Å². The van der Waals surface area contributed by atoms with Crippen LogP contribution in [-0.2, 0) is 0 Å². The first-order valence-corrected chi connectivity index (χ1v) is 6.91. The highest BCUT2D eigenvalue weighted by Gasteiger charge is 2.11. The SMILES string of the molecule is CN(CCC#N)C(=O)Nc1ccccc1Oc1ccccc1. The molecule has 0 aliphatic carbocycles. The zero-order chi connectivity index (χ0) is 15.8. The van der Waals surface area contributed by atoms with Gasteiger partial charge in [-0.2, -0.15) is 5.26 Å². The zero-order valence-electron chi connectivity index (χ0n) is 12.3. The molecule has 0 radical (unpaired) electrons. The maximum Gasteiger partial charge on any atom is 0.321 e. The van der Waals surface area contributed by atoms with Crippen LogP contribution in [0.2, 0.25) is 0 Å². The quantitative estimate of drug-likeness (QED) is 0.911. The molecule has 2 aromatic rings. The maximum absolute atomic E-state index is 12.1. The second-order valence-corrected chi connectivity index (χ2v) is 4.67. The Morgan fingerprint density at radius 2 is 1.86 bits per heavy atom. The van der Waals surface area contributed by atoms with E-state index in [1.807, 2.05) is 48.5 Å². The van der Waals surface area contributed by atoms with Gasteiger partial charge in [0.2, 0.25) is 0 Å². The van der Waals surface area contributed by atoms with E-state index in [1.54, 1.807) is 19.2 Å². The first-order valence-electron chi connectivity index (χ1n) is 6.91. The van der Waals surface area contributed by atoms with Gasteiger partial charge in [0.05, 0.1) is 18.2 Å². The standard InChI is InChI=1S/C17H17N3O2/c1-20(13-7-12-18)17(21)19-15-10-5-6-11-16(15)22-14-8-3-2-4-9-14/h2-6,8-11H,7,13H2,1H3,(H,19,21). The minimum Gasteiger partial charge on any atom is -0.455 e. The number of amides is 2. The van der Waals surface area contributed by atoms with Crippen molar-refractivity contribution in [3.63, 3.8) is 0 Å². The van der Waals surface area contributed by atoms with Crippen LogP contribution in [0.4, 0.5) is 10.5 Å². The van der Waals surface area contributed by atoms with E-state index >= 15 is 0 Å². The van der Waals surface area contributed by atoms with Gasteiger partial charge < -0.3 is 15.0 Å². The van der Waals surface area contributed by atoms with E-state index in [4.69, 9.17) is 10.00 Å². The van der Waals surface area contributed by atoms with E-state index < -0.39 is 0 Å². The molecule has 2 rings (SSSR count). The number of nitrogens with zero attached hydrogens (tertiary/aromatic N) is 2. The van der Waals surface area contributed by atoms with Crippen LogP contribution >= 0.6 is 0 Å². The first-order chi connectivity index (χ1) is 10.7. The molecule has 2 aromatic carbocycles. The Morgan fingerprint density at radius 3 is 2.59 bits per heavy atom. The second kappa shape index (κ2) is 7.70. The molecule has 0 aliphatic rings. The predicted octanol–water partition coefficient (Wildman–Crippen LogP) is 3.86. The number of urea groups is 1. The predicted molar refractivity (Wildman–Crippen MR) is 84.8 cm³/mol. The van der Waals surface area contributed by atoms with Gasteiger partial charge in [-0.1, -0.05) is 30.3 Å². The summed E-state index contributed by atoms with van der Waals surface area (Å²) in [4.78, 5) is 13.5. The molecular formula is C17H17N3O2. The number of carbonyl (C=O) groups is 1. The Bertz CT molecular complexity index is 665. The van der Waals surface area contributed by atoms with Gasteiger partial charge in [-0.15, -0.1) is 0 Å². The van der Waals surface area contributed by atoms with Crippen LogP contribution < -0.4 is 10.1 Å². The van der Waals surface area contributed by atoms with Gasteiger partial charge in [0.25, 0.3) is 0 Å². The van der Waals surface area contributed by atoms with Crippen molar-refractivity contribution in [3.05, 3.63) is 54.6 Å². The Kier molecular flexibility index (Phi) is 5.38. The molecule has 0 aliphatic heterocycles. The van der Waals surface area contributed by atoms with E-state index in [0.717, 1.165) is 0 Å². The Labute approximate surface area is 129 Å². The van der Waals surface area contributed by atoms with E-state index in [1.165, 1.54) is 4.90 Å². The lowest BCUT2D eigenvalue weighted by atomic mass is 10.3. The third-order valence-electron chi connectivity index (χ3n) is 3.01. The molecule has 0 atom stereocenters. The summed E-state index contributed by atoms with van der Waals surface area (Å²) >= 11 is 0. The molecule has 2 amide bonds. The molecule has 112 valence electrons. The Morgan fingerprint density at radius 1 is 1.18 bits per heavy atom. The van der Waals surface area contributed by atoms with Crippen molar-refractivity contribution < 1.29 is 9.53 Å². The number of ether oxygens (including phenoxy) is 1. The summed E-state index contributed by atoms with van der Waals surface area (Å²) in [6, 6.07) is 18.3. The molecule has 0 bridgehead atoms. The van der Waals surface area contributed by atoms with Crippen LogP contribution in [0.15, 0.2) is 54.6 Å². The fourth-order valence-electron chi connectivity index (χ4n) is 1.80. The highest BCUT2D eigenvalue weighted by molar-refractivity contribution is 5.90. The molecule has 1 N–H and O–H groups in total. The molecule has 0 saturated carbocycles. The van der Waals surface area contributed by atoms with Gasteiger partial charge in [-0.05, 0) is 24.3 Å². The molecule has 0 aromatic heterocycles. The van der Waals surface area contributed by atoms with Gasteiger partial charge in [-0.3, -0.25) is 0 Å². The fraction of sp³-hybridized carbons (Fsp3) is 0.176. The summed E-state index contributed by atoms with van der Waals surface area (Å²) in [6.45, 7) is 0.379. The van der Waals surface area contributed by atoms with Crippen LogP contribution in [0.3, 0.4) is 0 Å². The minimum absolute atomic E-state index is 0.278. The Balaban J connectivity index is 2.08. The number of rotatable bonds is 5. The molecule has 0 heterocycles. The topological polar surface area (TPSA) is 65.4 Å². The van der Waals surface area contributed by atoms with Crippen LogP contribution in [0.1, 0.15) is 6.42 Å². The van der Waals surface area contributed by atoms with E-state index in [0.29, 0.717) is 30.2 Å². The van der Waals surface area contributed by atoms with Gasteiger partial charge in [0.1, 0.15) is 5.75 Å². The van der Waals surface area contributed by atoms with Crippen LogP contribution in [-0.4, -0.2) is 24.5 Å². The molecule has 5 nitrogen and oxygen atoms in total. The van der Waals surface area contributed by atoms with Crippen molar-refractivity contribution in [2.45, 2.75) is 6.42 Å². The van der Waals surface area contributed by atoms with Gasteiger partial charge in [-0.25, -0.2) is 4.79 Å². The van der Waals surface area contributed by atoms with Crippen molar-refractivity contribution in [1.82, 2.24) is 4.90 Å². The molecule has 0 saturated heterocycles. The lowest BCUT2D eigenvalue weighted by Gasteiger charge is -2.18. The molecular weight excluding hydrogens is 278 g/mol. The third-order valence-corrected chi connectivity index (χ3v) is 3.01. The summed E-state index contributed by atoms with van der Waals surface area (Å²) in [7, 11) is 1.65. The van der Waals surface area contributed by atoms with Crippen molar-refractivity contribution >= 4 is 11.7 Å². The molecule has 0 fully saturated rings. The molecule has 22 heavy (non-hydrogen) atoms.